The van der Waals surface area contributed by atoms with E-state index < -0.39 is 0 Å². The molecule has 0 aliphatic rings. The molecule has 0 nitrogen and oxygen atoms in total. The lowest BCUT2D eigenvalue weighted by Gasteiger charge is -2.18. The molecule has 0 fully saturated rings. The Morgan fingerprint density at radius 1 is 0.0758 bits per heavy atom. The molecule has 0 aliphatic heterocycles. The fraction of sp³-hybridized carbons (Fsp3) is 0. The third-order valence-corrected chi connectivity index (χ3v) is 27.6. The van der Waals surface area contributed by atoms with Gasteiger partial charge in [-0.1, -0.05) is 437 Å². The molecule has 0 bridgehead atoms. The Morgan fingerprint density at radius 3 is 0.856 bits per heavy atom. The maximum atomic E-state index is 2.42. The molecular formula is C132H84. The van der Waals surface area contributed by atoms with E-state index in [-0.39, 0.29) is 0 Å². The Balaban J connectivity index is 0.000000106. The summed E-state index contributed by atoms with van der Waals surface area (Å²) < 4.78 is 0. The SMILES string of the molecule is c1cc(-c2ccc3ccccc3c2)cc(-c2ccc3c4ccccc4c4cc(-c5cccc6ccccc56)ccc4c3c2)c1.c1ccc(-c2cc3cc(-c4cccc(-c5ccc6ccccc6c5)c4)c4ccccc4c3c3c2ccc2ccccc23)cc1.c1ccc(-c2ccc3c(c2)c2ccccc2c2ccc(-c4cccc(-c5cc6ccccc6c6ccccc56)c4)cc23)cc1. The van der Waals surface area contributed by atoms with Gasteiger partial charge in [0, 0.05) is 0 Å². The molecule has 0 atom stereocenters. The number of fused-ring (bicyclic) bond motifs is 25. The fourth-order valence-electron chi connectivity index (χ4n) is 21.3. The highest BCUT2D eigenvalue weighted by Crippen LogP contribution is 2.48. The van der Waals surface area contributed by atoms with Crippen LogP contribution in [0.25, 0.3) is 262 Å². The van der Waals surface area contributed by atoms with Crippen molar-refractivity contribution in [3.8, 4) is 100 Å². The summed E-state index contributed by atoms with van der Waals surface area (Å²) >= 11 is 0. The molecule has 0 radical (unpaired) electrons. The second-order valence-electron chi connectivity index (χ2n) is 35.1. The Kier molecular flexibility index (Phi) is 19.1. The van der Waals surface area contributed by atoms with Gasteiger partial charge in [0.1, 0.15) is 0 Å². The van der Waals surface area contributed by atoms with Gasteiger partial charge >= 0.3 is 0 Å². The lowest BCUT2D eigenvalue weighted by atomic mass is 9.85. The summed E-state index contributed by atoms with van der Waals surface area (Å²) in [5.74, 6) is 0. The van der Waals surface area contributed by atoms with Crippen molar-refractivity contribution in [2.75, 3.05) is 0 Å². The highest BCUT2D eigenvalue weighted by Gasteiger charge is 2.21. The van der Waals surface area contributed by atoms with E-state index >= 15 is 0 Å². The van der Waals surface area contributed by atoms with E-state index in [1.165, 1.54) is 262 Å². The fourth-order valence-corrected chi connectivity index (χ4v) is 21.3. The number of hydrogen-bond donors (Lipinski definition) is 0. The summed E-state index contributed by atoms with van der Waals surface area (Å²) in [4.78, 5) is 0. The van der Waals surface area contributed by atoms with Gasteiger partial charge in [0.05, 0.1) is 0 Å². The molecule has 0 saturated heterocycles. The van der Waals surface area contributed by atoms with Crippen molar-refractivity contribution in [2.24, 2.45) is 0 Å². The van der Waals surface area contributed by atoms with E-state index in [1.54, 1.807) is 0 Å². The van der Waals surface area contributed by atoms with Crippen LogP contribution in [0.3, 0.4) is 0 Å². The van der Waals surface area contributed by atoms with Crippen LogP contribution >= 0.6 is 0 Å². The average Bonchev–Trinajstić information content (AvgIpc) is 0.709. The predicted molar refractivity (Wildman–Crippen MR) is 571 cm³/mol. The van der Waals surface area contributed by atoms with Gasteiger partial charge in [0.2, 0.25) is 0 Å². The van der Waals surface area contributed by atoms with Gasteiger partial charge in [0.25, 0.3) is 0 Å². The molecule has 27 rings (SSSR count). The number of rotatable bonds is 9. The van der Waals surface area contributed by atoms with E-state index in [0.717, 1.165) is 0 Å². The zero-order valence-electron chi connectivity index (χ0n) is 72.5. The smallest absolute Gasteiger partial charge is 0.00143 e. The minimum Gasteiger partial charge on any atom is -0.0622 e. The van der Waals surface area contributed by atoms with Crippen LogP contribution in [0.1, 0.15) is 0 Å². The first-order chi connectivity index (χ1) is 65.4. The molecule has 0 N–H and O–H groups in total. The van der Waals surface area contributed by atoms with Gasteiger partial charge in [-0.3, -0.25) is 0 Å². The van der Waals surface area contributed by atoms with Crippen LogP contribution in [-0.2, 0) is 0 Å². The summed E-state index contributed by atoms with van der Waals surface area (Å²) in [6.45, 7) is 0. The molecule has 0 amide bonds. The van der Waals surface area contributed by atoms with Crippen LogP contribution in [0.2, 0.25) is 0 Å². The van der Waals surface area contributed by atoms with Crippen molar-refractivity contribution in [1.29, 1.82) is 0 Å². The number of benzene rings is 27. The lowest BCUT2D eigenvalue weighted by molar-refractivity contribution is 1.62. The summed E-state index contributed by atoms with van der Waals surface area (Å²) in [5, 5.41) is 38.6. The highest BCUT2D eigenvalue weighted by molar-refractivity contribution is 6.33. The van der Waals surface area contributed by atoms with E-state index in [1.807, 2.05) is 0 Å². The highest BCUT2D eigenvalue weighted by atomic mass is 14.2. The van der Waals surface area contributed by atoms with E-state index in [2.05, 4.69) is 510 Å². The zero-order valence-corrected chi connectivity index (χ0v) is 72.5. The van der Waals surface area contributed by atoms with Crippen LogP contribution in [0.15, 0.2) is 510 Å². The largest absolute Gasteiger partial charge is 0.0622 e. The van der Waals surface area contributed by atoms with Crippen molar-refractivity contribution in [1.82, 2.24) is 0 Å². The third-order valence-electron chi connectivity index (χ3n) is 27.6. The minimum atomic E-state index is 1.23. The normalized spacial score (nSPS) is 11.6. The second-order valence-corrected chi connectivity index (χ2v) is 35.1. The van der Waals surface area contributed by atoms with Crippen LogP contribution in [-0.4, -0.2) is 0 Å². The summed E-state index contributed by atoms with van der Waals surface area (Å²) in [6, 6.07) is 187. The molecule has 0 aromatic heterocycles. The molecule has 0 spiro atoms. The van der Waals surface area contributed by atoms with Crippen LogP contribution in [0.4, 0.5) is 0 Å². The second kappa shape index (κ2) is 32.6. The van der Waals surface area contributed by atoms with Gasteiger partial charge in [0.15, 0.2) is 0 Å². The summed E-state index contributed by atoms with van der Waals surface area (Å²) in [5.41, 5.74) is 22.4. The predicted octanol–water partition coefficient (Wildman–Crippen LogP) is 37.4. The molecule has 132 heavy (non-hydrogen) atoms. The van der Waals surface area contributed by atoms with Crippen molar-refractivity contribution in [3.63, 3.8) is 0 Å². The third kappa shape index (κ3) is 13.7. The molecule has 612 valence electrons. The average molecular weight is 1670 g/mol. The first-order valence-corrected chi connectivity index (χ1v) is 45.8. The summed E-state index contributed by atoms with van der Waals surface area (Å²) in [7, 11) is 0. The Labute approximate surface area is 765 Å². The Bertz CT molecular complexity index is 9330. The molecular weight excluding hydrogens is 1590 g/mol. The first kappa shape index (κ1) is 77.2. The molecule has 0 saturated carbocycles. The lowest BCUT2D eigenvalue weighted by Crippen LogP contribution is -1.90. The van der Waals surface area contributed by atoms with Crippen molar-refractivity contribution < 1.29 is 0 Å². The number of hydrogen-bond acceptors (Lipinski definition) is 0. The summed E-state index contributed by atoms with van der Waals surface area (Å²) in [6.07, 6.45) is 0. The van der Waals surface area contributed by atoms with Gasteiger partial charge in [-0.25, -0.2) is 0 Å². The molecule has 27 aromatic rings. The Morgan fingerprint density at radius 2 is 0.341 bits per heavy atom. The first-order valence-electron chi connectivity index (χ1n) is 45.8. The van der Waals surface area contributed by atoms with E-state index in [9.17, 15) is 0 Å². The van der Waals surface area contributed by atoms with E-state index in [4.69, 9.17) is 0 Å². The van der Waals surface area contributed by atoms with Gasteiger partial charge < -0.3 is 0 Å². The molecule has 0 heteroatoms. The van der Waals surface area contributed by atoms with E-state index in [0.29, 0.717) is 0 Å². The van der Waals surface area contributed by atoms with Crippen LogP contribution < -0.4 is 0 Å². The van der Waals surface area contributed by atoms with Crippen LogP contribution in [0, 0.1) is 0 Å². The van der Waals surface area contributed by atoms with Crippen LogP contribution in [0.5, 0.6) is 0 Å². The zero-order chi connectivity index (χ0) is 87.1. The minimum absolute atomic E-state index is 1.23. The molecule has 0 unspecified atom stereocenters. The van der Waals surface area contributed by atoms with Crippen molar-refractivity contribution >= 4 is 162 Å². The van der Waals surface area contributed by atoms with Gasteiger partial charge in [-0.05, 0) is 335 Å². The van der Waals surface area contributed by atoms with Gasteiger partial charge in [-0.2, -0.15) is 0 Å². The maximum absolute atomic E-state index is 2.42. The van der Waals surface area contributed by atoms with Crippen molar-refractivity contribution in [2.45, 2.75) is 0 Å². The quantitative estimate of drug-likeness (QED) is 0.126. The maximum Gasteiger partial charge on any atom is -0.00143 e. The molecule has 0 heterocycles. The monoisotopic (exact) mass is 1670 g/mol. The molecule has 0 aliphatic carbocycles. The van der Waals surface area contributed by atoms with Gasteiger partial charge in [-0.15, -0.1) is 0 Å². The standard InChI is InChI=1S/3C44H28/c1-2-11-31-25-34(20-19-29(31)9-1)32-13-7-14-33(26-32)35-21-23-41-39-16-5-6-17-40(39)44-28-36(22-24-42(44)43(41)27-35)38-18-8-12-30-10-3-4-15-37(30)38;1-2-11-29(12-3-1)31-21-24-41-43(26-31)39-20-9-7-18-37(39)40-23-22-32(27-44(40)41)30-14-10-15-33(25-30)42-28-34-13-4-5-16-35(34)36-17-6-8-19-38(36)42;1-2-12-30(13-3-1)41-27-36-28-42(35-17-10-16-33(26-35)34-22-21-29-11-4-5-15-32(29)25-34)38-19-8-9-20-39(38)43(36)44-37-18-7-6-14-31(37)23-24-40(41)44/h3*1-28H. The Hall–Kier alpha value is -17.2. The topological polar surface area (TPSA) is 0 Å². The van der Waals surface area contributed by atoms with Crippen molar-refractivity contribution in [3.05, 3.63) is 510 Å². The molecule has 27 aromatic carbocycles.